The van der Waals surface area contributed by atoms with Crippen LogP contribution in [0.25, 0.3) is 5.76 Å². The van der Waals surface area contributed by atoms with Crippen LogP contribution in [0.2, 0.25) is 5.02 Å². The number of amides is 1. The van der Waals surface area contributed by atoms with Gasteiger partial charge in [0.1, 0.15) is 11.6 Å². The van der Waals surface area contributed by atoms with Gasteiger partial charge in [0.25, 0.3) is 11.7 Å². The number of hydrogen-bond donors (Lipinski definition) is 1. The number of rotatable bonds is 4. The molecule has 0 radical (unpaired) electrons. The average molecular weight is 428 g/mol. The molecule has 7 heteroatoms. The quantitative estimate of drug-likeness (QED) is 0.355. The van der Waals surface area contributed by atoms with Crippen molar-refractivity contribution in [3.8, 4) is 0 Å². The lowest BCUT2D eigenvalue weighted by Crippen LogP contribution is -2.28. The number of benzene rings is 2. The van der Waals surface area contributed by atoms with Gasteiger partial charge in [0.15, 0.2) is 0 Å². The van der Waals surface area contributed by atoms with Crippen LogP contribution in [-0.4, -0.2) is 21.7 Å². The summed E-state index contributed by atoms with van der Waals surface area (Å²) < 4.78 is 13.5. The molecule has 1 aliphatic heterocycles. The van der Waals surface area contributed by atoms with Gasteiger partial charge in [-0.1, -0.05) is 29.8 Å². The van der Waals surface area contributed by atoms with Crippen LogP contribution in [0, 0.1) is 5.82 Å². The van der Waals surface area contributed by atoms with Crippen LogP contribution in [0.3, 0.4) is 0 Å². The van der Waals surface area contributed by atoms with Crippen LogP contribution in [0.5, 0.6) is 0 Å². The van der Waals surface area contributed by atoms with Crippen molar-refractivity contribution in [2.45, 2.75) is 12.6 Å². The van der Waals surface area contributed by atoms with Crippen LogP contribution in [0.15, 0.2) is 71.6 Å². The van der Waals surface area contributed by atoms with Crippen molar-refractivity contribution in [3.05, 3.63) is 98.5 Å². The van der Waals surface area contributed by atoms with Crippen LogP contribution in [0.4, 0.5) is 4.39 Å². The van der Waals surface area contributed by atoms with E-state index in [1.165, 1.54) is 40.5 Å². The highest BCUT2D eigenvalue weighted by atomic mass is 35.5. The molecular formula is C22H15ClFNO3S. The van der Waals surface area contributed by atoms with Crippen LogP contribution in [-0.2, 0) is 16.1 Å². The maximum absolute atomic E-state index is 13.5. The predicted molar refractivity (Wildman–Crippen MR) is 110 cm³/mol. The Kier molecular flexibility index (Phi) is 5.22. The molecule has 2 heterocycles. The summed E-state index contributed by atoms with van der Waals surface area (Å²) in [4.78, 5) is 28.0. The Morgan fingerprint density at radius 1 is 1.07 bits per heavy atom. The molecular weight excluding hydrogens is 413 g/mol. The highest BCUT2D eigenvalue weighted by Gasteiger charge is 2.46. The van der Waals surface area contributed by atoms with E-state index >= 15 is 0 Å². The molecule has 3 aromatic rings. The largest absolute Gasteiger partial charge is 0.507 e. The SMILES string of the molecule is O=C1C(=O)N(Cc2cccs2)C(c2ccc(F)cc2)/C1=C(/O)c1ccc(Cl)cc1. The molecule has 1 aliphatic rings. The minimum absolute atomic E-state index is 0.0273. The summed E-state index contributed by atoms with van der Waals surface area (Å²) in [6, 6.07) is 14.8. The van der Waals surface area contributed by atoms with Gasteiger partial charge in [-0.15, -0.1) is 11.3 Å². The van der Waals surface area contributed by atoms with Crippen molar-refractivity contribution in [1.82, 2.24) is 4.90 Å². The fourth-order valence-electron chi connectivity index (χ4n) is 3.37. The molecule has 1 aromatic heterocycles. The molecule has 1 unspecified atom stereocenters. The fraction of sp³-hybridized carbons (Fsp3) is 0.0909. The van der Waals surface area contributed by atoms with E-state index in [0.717, 1.165) is 4.88 Å². The summed E-state index contributed by atoms with van der Waals surface area (Å²) in [6.07, 6.45) is 0. The first-order chi connectivity index (χ1) is 14.0. The third-order valence-corrected chi connectivity index (χ3v) is 5.86. The maximum Gasteiger partial charge on any atom is 0.295 e. The molecule has 4 rings (SSSR count). The second-order valence-corrected chi connectivity index (χ2v) is 8.03. The Bertz CT molecular complexity index is 1090. The minimum atomic E-state index is -0.826. The molecule has 1 N–H and O–H groups in total. The van der Waals surface area contributed by atoms with E-state index in [-0.39, 0.29) is 17.9 Å². The number of carbonyl (C=O) groups is 2. The van der Waals surface area contributed by atoms with Gasteiger partial charge in [-0.05, 0) is 53.4 Å². The Morgan fingerprint density at radius 2 is 1.76 bits per heavy atom. The third kappa shape index (κ3) is 3.69. The molecule has 4 nitrogen and oxygen atoms in total. The summed E-state index contributed by atoms with van der Waals surface area (Å²) in [5.41, 5.74) is 0.883. The van der Waals surface area contributed by atoms with Gasteiger partial charge in [-0.2, -0.15) is 0 Å². The number of thiophene rings is 1. The first kappa shape index (κ1) is 19.4. The number of likely N-dealkylation sites (tertiary alicyclic amines) is 1. The molecule has 0 spiro atoms. The van der Waals surface area contributed by atoms with Crippen molar-refractivity contribution < 1.29 is 19.1 Å². The second-order valence-electron chi connectivity index (χ2n) is 6.56. The number of hydrogen-bond acceptors (Lipinski definition) is 4. The van der Waals surface area contributed by atoms with E-state index in [4.69, 9.17) is 11.6 Å². The maximum atomic E-state index is 13.5. The normalized spacial score (nSPS) is 18.4. The standard InChI is InChI=1S/C22H15ClFNO3S/c23-15-7-3-14(4-8-15)20(26)18-19(13-5-9-16(24)10-6-13)25(22(28)21(18)27)12-17-2-1-11-29-17/h1-11,19,26H,12H2/b20-18-. The summed E-state index contributed by atoms with van der Waals surface area (Å²) in [5.74, 6) is -2.20. The highest BCUT2D eigenvalue weighted by Crippen LogP contribution is 2.40. The van der Waals surface area contributed by atoms with Crippen molar-refractivity contribution >= 4 is 40.4 Å². The third-order valence-electron chi connectivity index (χ3n) is 4.75. The van der Waals surface area contributed by atoms with Gasteiger partial charge in [0.2, 0.25) is 0 Å². The fourth-order valence-corrected chi connectivity index (χ4v) is 4.20. The van der Waals surface area contributed by atoms with E-state index in [1.54, 1.807) is 24.3 Å². The van der Waals surface area contributed by atoms with E-state index < -0.39 is 23.5 Å². The number of nitrogens with zero attached hydrogens (tertiary/aromatic N) is 1. The van der Waals surface area contributed by atoms with Crippen LogP contribution < -0.4 is 0 Å². The van der Waals surface area contributed by atoms with Crippen molar-refractivity contribution in [2.75, 3.05) is 0 Å². The molecule has 0 bridgehead atoms. The summed E-state index contributed by atoms with van der Waals surface area (Å²) in [6.45, 7) is 0.210. The zero-order chi connectivity index (χ0) is 20.5. The molecule has 146 valence electrons. The van der Waals surface area contributed by atoms with E-state index in [1.807, 2.05) is 17.5 Å². The molecule has 1 atom stereocenters. The number of aliphatic hydroxyl groups excluding tert-OH is 1. The smallest absolute Gasteiger partial charge is 0.295 e. The Balaban J connectivity index is 1.86. The van der Waals surface area contributed by atoms with E-state index in [0.29, 0.717) is 16.1 Å². The predicted octanol–water partition coefficient (Wildman–Crippen LogP) is 5.16. The lowest BCUT2D eigenvalue weighted by Gasteiger charge is -2.25. The molecule has 1 amide bonds. The first-order valence-electron chi connectivity index (χ1n) is 8.78. The lowest BCUT2D eigenvalue weighted by molar-refractivity contribution is -0.140. The zero-order valence-electron chi connectivity index (χ0n) is 15.0. The number of halogens is 2. The van der Waals surface area contributed by atoms with E-state index in [9.17, 15) is 19.1 Å². The Labute approximate surface area is 175 Å². The van der Waals surface area contributed by atoms with Gasteiger partial charge in [0, 0.05) is 15.5 Å². The van der Waals surface area contributed by atoms with Crippen molar-refractivity contribution in [3.63, 3.8) is 0 Å². The summed E-state index contributed by atoms with van der Waals surface area (Å²) >= 11 is 7.37. The number of Topliss-reactive ketones (excluding diaryl/α,β-unsaturated/α-hetero) is 1. The van der Waals surface area contributed by atoms with Crippen LogP contribution >= 0.6 is 22.9 Å². The van der Waals surface area contributed by atoms with Gasteiger partial charge in [-0.3, -0.25) is 9.59 Å². The monoisotopic (exact) mass is 427 g/mol. The average Bonchev–Trinajstić information content (AvgIpc) is 3.31. The molecule has 1 fully saturated rings. The van der Waals surface area contributed by atoms with Crippen molar-refractivity contribution in [1.29, 1.82) is 0 Å². The highest BCUT2D eigenvalue weighted by molar-refractivity contribution is 7.09. The number of aliphatic hydroxyl groups is 1. The minimum Gasteiger partial charge on any atom is -0.507 e. The molecule has 2 aromatic carbocycles. The first-order valence-corrected chi connectivity index (χ1v) is 10.0. The van der Waals surface area contributed by atoms with Gasteiger partial charge >= 0.3 is 0 Å². The van der Waals surface area contributed by atoms with Gasteiger partial charge < -0.3 is 10.0 Å². The number of ketones is 1. The lowest BCUT2D eigenvalue weighted by atomic mass is 9.95. The molecule has 0 aliphatic carbocycles. The topological polar surface area (TPSA) is 57.6 Å². The Hall–Kier alpha value is -2.96. The van der Waals surface area contributed by atoms with E-state index in [2.05, 4.69) is 0 Å². The molecule has 1 saturated heterocycles. The summed E-state index contributed by atoms with van der Waals surface area (Å²) in [5, 5.41) is 13.3. The van der Waals surface area contributed by atoms with Gasteiger partial charge in [0.05, 0.1) is 18.2 Å². The summed E-state index contributed by atoms with van der Waals surface area (Å²) in [7, 11) is 0. The molecule has 0 saturated carbocycles. The molecule has 29 heavy (non-hydrogen) atoms. The second kappa shape index (κ2) is 7.81. The van der Waals surface area contributed by atoms with Crippen LogP contribution in [0.1, 0.15) is 22.0 Å². The number of carbonyl (C=O) groups excluding carboxylic acids is 2. The zero-order valence-corrected chi connectivity index (χ0v) is 16.6. The Morgan fingerprint density at radius 3 is 2.38 bits per heavy atom. The van der Waals surface area contributed by atoms with Crippen molar-refractivity contribution in [2.24, 2.45) is 0 Å². The van der Waals surface area contributed by atoms with Gasteiger partial charge in [-0.25, -0.2) is 4.39 Å².